The Morgan fingerprint density at radius 3 is 0.875 bits per heavy atom. The summed E-state index contributed by atoms with van der Waals surface area (Å²) in [5.41, 5.74) is 4.21. The van der Waals surface area contributed by atoms with Crippen molar-refractivity contribution in [2.45, 2.75) is 21.5 Å². The van der Waals surface area contributed by atoms with Gasteiger partial charge in [-0.05, 0) is 45.5 Å². The Kier molecular flexibility index (Phi) is 4.64. The van der Waals surface area contributed by atoms with Crippen molar-refractivity contribution in [3.8, 4) is 11.1 Å². The molecule has 0 bridgehead atoms. The maximum atomic E-state index is 6.60. The van der Waals surface area contributed by atoms with Gasteiger partial charge in [-0.3, -0.25) is 0 Å². The Balaban J connectivity index is 2.27. The Morgan fingerprint density at radius 2 is 0.667 bits per heavy atom. The van der Waals surface area contributed by atoms with Gasteiger partial charge in [0.2, 0.25) is 0 Å². The van der Waals surface area contributed by atoms with Gasteiger partial charge in [0.1, 0.15) is 0 Å². The number of alkyl halides is 4. The summed E-state index contributed by atoms with van der Waals surface area (Å²) < 4.78 is 0. The third-order valence-electron chi connectivity index (χ3n) is 4.48. The average Bonchev–Trinajstić information content (AvgIpc) is 2.49. The molecule has 0 radical (unpaired) electrons. The smallest absolute Gasteiger partial charge is 0.0811 e. The topological polar surface area (TPSA) is 0 Å². The predicted molar refractivity (Wildman–Crippen MR) is 106 cm³/mol. The second-order valence-corrected chi connectivity index (χ2v) is 9.20. The van der Waals surface area contributed by atoms with Crippen molar-refractivity contribution < 1.29 is 0 Å². The molecule has 0 amide bonds. The summed E-state index contributed by atoms with van der Waals surface area (Å²) in [7, 11) is 0. The third-order valence-corrected chi connectivity index (χ3v) is 7.87. The summed E-state index contributed by atoms with van der Waals surface area (Å²) in [6.07, 6.45) is 0. The van der Waals surface area contributed by atoms with Gasteiger partial charge in [0.05, 0.1) is 21.5 Å². The van der Waals surface area contributed by atoms with Gasteiger partial charge in [-0.1, -0.05) is 46.4 Å². The zero-order chi connectivity index (χ0) is 17.5. The summed E-state index contributed by atoms with van der Waals surface area (Å²) in [4.78, 5) is 0. The van der Waals surface area contributed by atoms with Crippen molar-refractivity contribution in [2.75, 3.05) is 0 Å². The lowest BCUT2D eigenvalue weighted by Crippen LogP contribution is -2.21. The predicted octanol–water partition coefficient (Wildman–Crippen LogP) is 9.11. The highest BCUT2D eigenvalue weighted by Gasteiger charge is 2.45. The van der Waals surface area contributed by atoms with Crippen molar-refractivity contribution in [1.82, 2.24) is 0 Å². The molecule has 126 valence electrons. The van der Waals surface area contributed by atoms with Gasteiger partial charge in [0.25, 0.3) is 0 Å². The molecular weight excluding hydrogens is 476 g/mol. The molecule has 2 aliphatic carbocycles. The molecule has 0 heterocycles. The van der Waals surface area contributed by atoms with E-state index in [0.29, 0.717) is 42.3 Å². The van der Waals surface area contributed by atoms with Gasteiger partial charge in [-0.25, -0.2) is 0 Å². The van der Waals surface area contributed by atoms with E-state index in [0.717, 1.165) is 11.1 Å². The van der Waals surface area contributed by atoms with Crippen LogP contribution in [0.5, 0.6) is 0 Å². The SMILES string of the molecule is Clc1cc(Cl)c2c3c1C(Cl)C(Cl)c1c(Cl)cc(Cl)c(c1-3)C(Cl)C2Cl. The van der Waals surface area contributed by atoms with E-state index in [9.17, 15) is 0 Å². The van der Waals surface area contributed by atoms with Crippen LogP contribution < -0.4 is 0 Å². The molecule has 2 aromatic rings. The number of halogens is 8. The number of hydrogen-bond donors (Lipinski definition) is 0. The molecule has 0 saturated carbocycles. The molecule has 8 heteroatoms. The fourth-order valence-corrected chi connectivity index (χ4v) is 6.53. The summed E-state index contributed by atoms with van der Waals surface area (Å²) in [5.74, 6) is 0. The standard InChI is InChI=1S/C16H6Cl8/c17-3-1-4(18)8-11-7(3)13(21)15(23)9-5(19)2-6(20)10(12(9)11)16(24)14(8)22/h1-2,13-16H. The van der Waals surface area contributed by atoms with Gasteiger partial charge in [-0.2, -0.15) is 0 Å². The molecule has 0 aliphatic heterocycles. The molecule has 0 aromatic heterocycles. The van der Waals surface area contributed by atoms with E-state index in [1.54, 1.807) is 12.1 Å². The molecule has 4 rings (SSSR count). The highest BCUT2D eigenvalue weighted by molar-refractivity contribution is 6.43. The molecule has 0 N–H and O–H groups in total. The highest BCUT2D eigenvalue weighted by atomic mass is 35.5. The largest absolute Gasteiger partial charge is 0.116 e. The fourth-order valence-electron chi connectivity index (χ4n) is 3.50. The quantitative estimate of drug-likeness (QED) is 0.329. The van der Waals surface area contributed by atoms with Crippen LogP contribution in [0, 0.1) is 0 Å². The van der Waals surface area contributed by atoms with Crippen LogP contribution in [0.1, 0.15) is 43.8 Å². The lowest BCUT2D eigenvalue weighted by atomic mass is 9.74. The normalized spacial score (nSPS) is 27.2. The van der Waals surface area contributed by atoms with Crippen LogP contribution in [0.3, 0.4) is 0 Å². The maximum absolute atomic E-state index is 6.60. The van der Waals surface area contributed by atoms with Crippen LogP contribution in [0.2, 0.25) is 20.1 Å². The first-order valence-corrected chi connectivity index (χ1v) is 10.1. The molecule has 0 nitrogen and oxygen atoms in total. The van der Waals surface area contributed by atoms with E-state index in [2.05, 4.69) is 0 Å². The van der Waals surface area contributed by atoms with Crippen molar-refractivity contribution in [3.63, 3.8) is 0 Å². The van der Waals surface area contributed by atoms with E-state index in [-0.39, 0.29) is 0 Å². The van der Waals surface area contributed by atoms with Crippen molar-refractivity contribution in [3.05, 3.63) is 54.5 Å². The minimum Gasteiger partial charge on any atom is -0.116 e. The Hall–Kier alpha value is 0.760. The lowest BCUT2D eigenvalue weighted by Gasteiger charge is -2.39. The van der Waals surface area contributed by atoms with Crippen LogP contribution in [0.25, 0.3) is 11.1 Å². The summed E-state index contributed by atoms with van der Waals surface area (Å²) in [5, 5.41) is -0.634. The number of rotatable bonds is 0. The van der Waals surface area contributed by atoms with Crippen LogP contribution in [0.15, 0.2) is 12.1 Å². The first kappa shape index (κ1) is 18.1. The Bertz CT molecular complexity index is 753. The molecule has 24 heavy (non-hydrogen) atoms. The molecule has 2 aromatic carbocycles. The van der Waals surface area contributed by atoms with Crippen LogP contribution >= 0.6 is 92.8 Å². The highest BCUT2D eigenvalue weighted by Crippen LogP contribution is 2.64. The molecule has 0 saturated heterocycles. The molecule has 0 spiro atoms. The van der Waals surface area contributed by atoms with Crippen molar-refractivity contribution >= 4 is 92.8 Å². The second kappa shape index (κ2) is 6.14. The Labute approximate surface area is 178 Å². The number of benzene rings is 2. The zero-order valence-corrected chi connectivity index (χ0v) is 17.5. The van der Waals surface area contributed by atoms with E-state index in [4.69, 9.17) is 92.8 Å². The van der Waals surface area contributed by atoms with Crippen LogP contribution in [-0.2, 0) is 0 Å². The summed E-state index contributed by atoms with van der Waals surface area (Å²) in [6.45, 7) is 0. The van der Waals surface area contributed by atoms with Crippen molar-refractivity contribution in [1.29, 1.82) is 0 Å². The minimum absolute atomic E-state index is 0.425. The van der Waals surface area contributed by atoms with Gasteiger partial charge in [0.15, 0.2) is 0 Å². The fraction of sp³-hybridized carbons (Fsp3) is 0.250. The molecule has 4 unspecified atom stereocenters. The van der Waals surface area contributed by atoms with Gasteiger partial charge in [0, 0.05) is 20.1 Å². The Morgan fingerprint density at radius 1 is 0.458 bits per heavy atom. The first-order valence-electron chi connectivity index (χ1n) is 6.85. The van der Waals surface area contributed by atoms with Gasteiger partial charge >= 0.3 is 0 Å². The summed E-state index contributed by atoms with van der Waals surface area (Å²) >= 11 is 52.1. The average molecular weight is 482 g/mol. The van der Waals surface area contributed by atoms with Gasteiger partial charge < -0.3 is 0 Å². The lowest BCUT2D eigenvalue weighted by molar-refractivity contribution is 0.809. The molecule has 2 aliphatic rings. The second-order valence-electron chi connectivity index (χ2n) is 5.69. The van der Waals surface area contributed by atoms with Crippen LogP contribution in [-0.4, -0.2) is 0 Å². The van der Waals surface area contributed by atoms with E-state index >= 15 is 0 Å². The van der Waals surface area contributed by atoms with Gasteiger partial charge in [-0.15, -0.1) is 46.4 Å². The van der Waals surface area contributed by atoms with E-state index in [1.807, 2.05) is 0 Å². The molecule has 4 atom stereocenters. The molecule has 0 fully saturated rings. The maximum Gasteiger partial charge on any atom is 0.0811 e. The third kappa shape index (κ3) is 2.28. The van der Waals surface area contributed by atoms with Crippen molar-refractivity contribution in [2.24, 2.45) is 0 Å². The summed E-state index contributed by atoms with van der Waals surface area (Å²) in [6, 6.07) is 3.24. The van der Waals surface area contributed by atoms with Crippen LogP contribution in [0.4, 0.5) is 0 Å². The number of hydrogen-bond acceptors (Lipinski definition) is 0. The molecular formula is C16H6Cl8. The zero-order valence-electron chi connectivity index (χ0n) is 11.5. The van der Waals surface area contributed by atoms with E-state index < -0.39 is 21.5 Å². The van der Waals surface area contributed by atoms with E-state index in [1.165, 1.54) is 0 Å². The minimum atomic E-state index is -0.583. The monoisotopic (exact) mass is 478 g/mol. The first-order chi connectivity index (χ1) is 11.3.